The van der Waals surface area contributed by atoms with Gasteiger partial charge in [-0.25, -0.2) is 4.98 Å². The van der Waals surface area contributed by atoms with Gasteiger partial charge in [-0.2, -0.15) is 0 Å². The Morgan fingerprint density at radius 1 is 1.22 bits per heavy atom. The molecule has 0 bridgehead atoms. The molecule has 0 saturated carbocycles. The van der Waals surface area contributed by atoms with Crippen molar-refractivity contribution < 1.29 is 14.4 Å². The quantitative estimate of drug-likeness (QED) is 0.550. The average Bonchev–Trinajstić information content (AvgIpc) is 2.53. The number of ether oxygens (including phenoxy) is 2. The first-order chi connectivity index (χ1) is 11.0. The van der Waals surface area contributed by atoms with Crippen LogP contribution in [0.1, 0.15) is 12.8 Å². The minimum atomic E-state index is -0.473. The second-order valence-corrected chi connectivity index (χ2v) is 6.22. The van der Waals surface area contributed by atoms with Crippen molar-refractivity contribution in [1.82, 2.24) is 14.8 Å². The molecule has 2 aliphatic heterocycles. The summed E-state index contributed by atoms with van der Waals surface area (Å²) < 4.78 is 11.5. The van der Waals surface area contributed by atoms with Crippen LogP contribution in [0.2, 0.25) is 0 Å². The number of nitrogens with zero attached hydrogens (tertiary/aromatic N) is 4. The van der Waals surface area contributed by atoms with Gasteiger partial charge < -0.3 is 9.47 Å². The van der Waals surface area contributed by atoms with E-state index in [0.717, 1.165) is 25.9 Å². The van der Waals surface area contributed by atoms with Crippen LogP contribution in [0.15, 0.2) is 12.3 Å². The van der Waals surface area contributed by atoms with Gasteiger partial charge in [0.25, 0.3) is 11.6 Å². The molecule has 2 fully saturated rings. The molecule has 0 spiro atoms. The highest BCUT2D eigenvalue weighted by molar-refractivity contribution is 5.42. The van der Waals surface area contributed by atoms with E-state index in [9.17, 15) is 10.1 Å². The minimum absolute atomic E-state index is 0.0879. The van der Waals surface area contributed by atoms with Crippen LogP contribution in [0.3, 0.4) is 0 Å². The van der Waals surface area contributed by atoms with Gasteiger partial charge in [0.15, 0.2) is 5.75 Å². The Bertz CT molecular complexity index is 583. The van der Waals surface area contributed by atoms with Crippen molar-refractivity contribution in [3.8, 4) is 11.6 Å². The molecule has 0 aliphatic carbocycles. The summed E-state index contributed by atoms with van der Waals surface area (Å²) in [6.07, 6.45) is 3.37. The highest BCUT2D eigenvalue weighted by atomic mass is 16.6. The summed E-state index contributed by atoms with van der Waals surface area (Å²) in [5.41, 5.74) is -0.0879. The standard InChI is InChI=1S/C15H22N4O4/c1-17-5-3-11(17)9-22-14-7-13(19(20)21)8-16-15(14)23-10-12-4-6-18(12)2/h7-8,11-12H,3-6,9-10H2,1-2H3/t11-,12-/m1/s1. The zero-order valence-corrected chi connectivity index (χ0v) is 13.5. The van der Waals surface area contributed by atoms with Gasteiger partial charge in [-0.3, -0.25) is 19.9 Å². The first-order valence-corrected chi connectivity index (χ1v) is 7.85. The molecule has 8 nitrogen and oxygen atoms in total. The second kappa shape index (κ2) is 6.67. The summed E-state index contributed by atoms with van der Waals surface area (Å²) in [6, 6.07) is 2.11. The Kier molecular flexibility index (Phi) is 4.63. The first kappa shape index (κ1) is 15.9. The van der Waals surface area contributed by atoms with Gasteiger partial charge in [0, 0.05) is 12.1 Å². The van der Waals surface area contributed by atoms with Gasteiger partial charge in [0.2, 0.25) is 0 Å². The number of pyridine rings is 1. The normalized spacial score (nSPS) is 24.6. The van der Waals surface area contributed by atoms with E-state index < -0.39 is 4.92 Å². The van der Waals surface area contributed by atoms with E-state index in [0.29, 0.717) is 36.9 Å². The lowest BCUT2D eigenvalue weighted by atomic mass is 10.1. The summed E-state index contributed by atoms with van der Waals surface area (Å²) in [6.45, 7) is 3.12. The molecule has 1 aromatic rings. The van der Waals surface area contributed by atoms with E-state index in [2.05, 4.69) is 14.8 Å². The number of hydrogen-bond acceptors (Lipinski definition) is 7. The monoisotopic (exact) mass is 322 g/mol. The Labute approximate surface area is 135 Å². The third-order valence-corrected chi connectivity index (χ3v) is 4.74. The van der Waals surface area contributed by atoms with E-state index in [1.165, 1.54) is 12.3 Å². The largest absolute Gasteiger partial charge is 0.486 e. The van der Waals surface area contributed by atoms with Gasteiger partial charge in [0.05, 0.1) is 11.0 Å². The molecular formula is C15H22N4O4. The molecule has 23 heavy (non-hydrogen) atoms. The van der Waals surface area contributed by atoms with Gasteiger partial charge >= 0.3 is 0 Å². The molecule has 0 unspecified atom stereocenters. The molecular weight excluding hydrogens is 300 g/mol. The lowest BCUT2D eigenvalue weighted by molar-refractivity contribution is -0.385. The predicted molar refractivity (Wildman–Crippen MR) is 84.0 cm³/mol. The van der Waals surface area contributed by atoms with Gasteiger partial charge in [-0.05, 0) is 40.0 Å². The van der Waals surface area contributed by atoms with Crippen LogP contribution < -0.4 is 9.47 Å². The fourth-order valence-electron chi connectivity index (χ4n) is 2.66. The van der Waals surface area contributed by atoms with Crippen molar-refractivity contribution in [3.63, 3.8) is 0 Å². The number of aromatic nitrogens is 1. The Balaban J connectivity index is 1.66. The average molecular weight is 322 g/mol. The summed E-state index contributed by atoms with van der Waals surface area (Å²) in [5, 5.41) is 10.9. The number of nitro groups is 1. The van der Waals surface area contributed by atoms with Crippen LogP contribution in [0.5, 0.6) is 11.6 Å². The molecule has 3 heterocycles. The summed E-state index contributed by atoms with van der Waals surface area (Å²) in [4.78, 5) is 18.9. The SMILES string of the molecule is CN1CC[C@@H]1COc1cc([N+](=O)[O-])cnc1OC[C@H]1CCN1C. The Morgan fingerprint density at radius 3 is 2.30 bits per heavy atom. The fourth-order valence-corrected chi connectivity index (χ4v) is 2.66. The Morgan fingerprint density at radius 2 is 1.83 bits per heavy atom. The summed E-state index contributed by atoms with van der Waals surface area (Å²) in [5.74, 6) is 0.680. The number of hydrogen-bond donors (Lipinski definition) is 0. The smallest absolute Gasteiger partial charge is 0.291 e. The zero-order valence-electron chi connectivity index (χ0n) is 13.5. The van der Waals surface area contributed by atoms with Crippen LogP contribution in [0, 0.1) is 10.1 Å². The van der Waals surface area contributed by atoms with E-state index in [1.807, 2.05) is 14.1 Å². The van der Waals surface area contributed by atoms with Crippen LogP contribution in [-0.4, -0.2) is 72.2 Å². The highest BCUT2D eigenvalue weighted by Gasteiger charge is 2.27. The highest BCUT2D eigenvalue weighted by Crippen LogP contribution is 2.30. The van der Waals surface area contributed by atoms with Crippen molar-refractivity contribution in [1.29, 1.82) is 0 Å². The topological polar surface area (TPSA) is 81.0 Å². The molecule has 126 valence electrons. The molecule has 1 aromatic heterocycles. The third kappa shape index (κ3) is 3.53. The molecule has 0 N–H and O–H groups in total. The number of likely N-dealkylation sites (N-methyl/N-ethyl adjacent to an activating group) is 2. The lowest BCUT2D eigenvalue weighted by Crippen LogP contribution is -2.48. The number of rotatable bonds is 7. The molecule has 0 radical (unpaired) electrons. The molecule has 0 amide bonds. The van der Waals surface area contributed by atoms with Crippen molar-refractivity contribution in [2.75, 3.05) is 40.4 Å². The molecule has 8 heteroatoms. The molecule has 2 aliphatic rings. The second-order valence-electron chi connectivity index (χ2n) is 6.22. The summed E-state index contributed by atoms with van der Waals surface area (Å²) >= 11 is 0. The van der Waals surface area contributed by atoms with Crippen LogP contribution in [-0.2, 0) is 0 Å². The van der Waals surface area contributed by atoms with Crippen molar-refractivity contribution in [3.05, 3.63) is 22.4 Å². The first-order valence-electron chi connectivity index (χ1n) is 7.85. The predicted octanol–water partition coefficient (Wildman–Crippen LogP) is 1.16. The van der Waals surface area contributed by atoms with Crippen molar-refractivity contribution >= 4 is 5.69 Å². The Hall–Kier alpha value is -1.93. The van der Waals surface area contributed by atoms with Crippen LogP contribution >= 0.6 is 0 Å². The zero-order chi connectivity index (χ0) is 16.4. The molecule has 3 rings (SSSR count). The van der Waals surface area contributed by atoms with Gasteiger partial charge in [-0.15, -0.1) is 0 Å². The molecule has 2 atom stereocenters. The van der Waals surface area contributed by atoms with Crippen molar-refractivity contribution in [2.45, 2.75) is 24.9 Å². The lowest BCUT2D eigenvalue weighted by Gasteiger charge is -2.38. The maximum atomic E-state index is 10.9. The van der Waals surface area contributed by atoms with E-state index in [1.54, 1.807) is 0 Å². The minimum Gasteiger partial charge on any atom is -0.486 e. The summed E-state index contributed by atoms with van der Waals surface area (Å²) in [7, 11) is 4.08. The van der Waals surface area contributed by atoms with Gasteiger partial charge in [-0.1, -0.05) is 0 Å². The number of likely N-dealkylation sites (tertiary alicyclic amines) is 2. The van der Waals surface area contributed by atoms with Crippen LogP contribution in [0.25, 0.3) is 0 Å². The molecule has 0 aromatic carbocycles. The van der Waals surface area contributed by atoms with E-state index in [4.69, 9.17) is 9.47 Å². The van der Waals surface area contributed by atoms with Crippen LogP contribution in [0.4, 0.5) is 5.69 Å². The van der Waals surface area contributed by atoms with Crippen molar-refractivity contribution in [2.24, 2.45) is 0 Å². The molecule has 2 saturated heterocycles. The fraction of sp³-hybridized carbons (Fsp3) is 0.667. The maximum Gasteiger partial charge on any atom is 0.291 e. The maximum absolute atomic E-state index is 10.9. The van der Waals surface area contributed by atoms with E-state index >= 15 is 0 Å². The van der Waals surface area contributed by atoms with Gasteiger partial charge in [0.1, 0.15) is 19.4 Å². The van der Waals surface area contributed by atoms with E-state index in [-0.39, 0.29) is 5.69 Å². The third-order valence-electron chi connectivity index (χ3n) is 4.74.